The molecule has 0 aliphatic carbocycles. The van der Waals surface area contributed by atoms with Gasteiger partial charge in [-0.3, -0.25) is 9.48 Å². The smallest absolute Gasteiger partial charge is 0.241 e. The molecule has 0 saturated heterocycles. The van der Waals surface area contributed by atoms with Crippen LogP contribution in [0.4, 0.5) is 5.69 Å². The highest BCUT2D eigenvalue weighted by atomic mass is 16.2. The van der Waals surface area contributed by atoms with Crippen molar-refractivity contribution < 1.29 is 4.79 Å². The average molecular weight is 253 g/mol. The molecule has 1 atom stereocenters. The Bertz CT molecular complexity index is 370. The number of aromatic nitrogens is 2. The Hall–Kier alpha value is -1.40. The third-order valence-corrected chi connectivity index (χ3v) is 2.85. The molecule has 0 fully saturated rings. The van der Waals surface area contributed by atoms with Crippen molar-refractivity contribution in [2.45, 2.75) is 33.4 Å². The Morgan fingerprint density at radius 2 is 2.22 bits per heavy atom. The first-order valence-electron chi connectivity index (χ1n) is 6.38. The van der Waals surface area contributed by atoms with Crippen LogP contribution < -0.4 is 11.1 Å². The second-order valence-electron chi connectivity index (χ2n) is 4.30. The topological polar surface area (TPSA) is 76.2 Å². The monoisotopic (exact) mass is 253 g/mol. The van der Waals surface area contributed by atoms with Gasteiger partial charge in [0, 0.05) is 12.7 Å². The maximum absolute atomic E-state index is 11.4. The molecule has 6 nitrogen and oxygen atoms in total. The number of anilines is 1. The Labute approximate surface area is 108 Å². The lowest BCUT2D eigenvalue weighted by atomic mass is 10.3. The van der Waals surface area contributed by atoms with Crippen LogP contribution in [0, 0.1) is 0 Å². The highest BCUT2D eigenvalue weighted by molar-refractivity contribution is 5.94. The molecule has 1 heterocycles. The van der Waals surface area contributed by atoms with Gasteiger partial charge in [-0.05, 0) is 20.0 Å². The summed E-state index contributed by atoms with van der Waals surface area (Å²) in [5.41, 5.74) is 6.17. The van der Waals surface area contributed by atoms with Crippen molar-refractivity contribution in [2.24, 2.45) is 5.73 Å². The summed E-state index contributed by atoms with van der Waals surface area (Å²) in [7, 11) is 0. The number of amides is 1. The molecule has 0 spiro atoms. The minimum atomic E-state index is -0.510. The zero-order valence-corrected chi connectivity index (χ0v) is 11.4. The quantitative estimate of drug-likeness (QED) is 0.742. The number of likely N-dealkylation sites (N-methyl/N-ethyl adjacent to an activating group) is 1. The molecule has 0 aromatic carbocycles. The fraction of sp³-hybridized carbons (Fsp3) is 0.667. The van der Waals surface area contributed by atoms with E-state index in [0.717, 1.165) is 26.2 Å². The van der Waals surface area contributed by atoms with Crippen LogP contribution in [-0.2, 0) is 11.3 Å². The molecule has 102 valence electrons. The number of nitrogens with one attached hydrogen (secondary N) is 1. The number of carbonyl (C=O) groups is 1. The van der Waals surface area contributed by atoms with E-state index in [1.165, 1.54) is 0 Å². The van der Waals surface area contributed by atoms with Gasteiger partial charge in [0.05, 0.1) is 24.5 Å². The van der Waals surface area contributed by atoms with Crippen molar-refractivity contribution in [1.29, 1.82) is 0 Å². The number of nitrogens with two attached hydrogens (primary N) is 1. The first-order chi connectivity index (χ1) is 8.56. The van der Waals surface area contributed by atoms with Crippen molar-refractivity contribution >= 4 is 11.6 Å². The minimum Gasteiger partial charge on any atom is -0.322 e. The Morgan fingerprint density at radius 1 is 1.56 bits per heavy atom. The van der Waals surface area contributed by atoms with Gasteiger partial charge in [0.1, 0.15) is 0 Å². The lowest BCUT2D eigenvalue weighted by Gasteiger charge is -2.17. The lowest BCUT2D eigenvalue weighted by molar-refractivity contribution is -0.117. The summed E-state index contributed by atoms with van der Waals surface area (Å²) < 4.78 is 1.83. The standard InChI is InChI=1S/C12H23N5O/c1-4-16(5-2)6-7-17-9-11(8-14-17)15-12(18)10(3)13/h8-10H,4-7,13H2,1-3H3,(H,15,18). The van der Waals surface area contributed by atoms with Gasteiger partial charge in [-0.1, -0.05) is 13.8 Å². The Kier molecular flexibility index (Phi) is 5.80. The van der Waals surface area contributed by atoms with Gasteiger partial charge < -0.3 is 16.0 Å². The van der Waals surface area contributed by atoms with Crippen LogP contribution >= 0.6 is 0 Å². The van der Waals surface area contributed by atoms with E-state index < -0.39 is 6.04 Å². The predicted octanol–water partition coefficient (Wildman–Crippen LogP) is 0.511. The molecule has 1 aromatic rings. The van der Waals surface area contributed by atoms with Crippen molar-refractivity contribution in [3.05, 3.63) is 12.4 Å². The molecular formula is C12H23N5O. The number of carbonyl (C=O) groups excluding carboxylic acids is 1. The van der Waals surface area contributed by atoms with Crippen LogP contribution in [0.25, 0.3) is 0 Å². The summed E-state index contributed by atoms with van der Waals surface area (Å²) in [6.07, 6.45) is 3.46. The van der Waals surface area contributed by atoms with E-state index >= 15 is 0 Å². The van der Waals surface area contributed by atoms with E-state index in [2.05, 4.69) is 29.2 Å². The third-order valence-electron chi connectivity index (χ3n) is 2.85. The predicted molar refractivity (Wildman–Crippen MR) is 72.3 cm³/mol. The van der Waals surface area contributed by atoms with Gasteiger partial charge >= 0.3 is 0 Å². The fourth-order valence-electron chi connectivity index (χ4n) is 1.59. The second-order valence-corrected chi connectivity index (χ2v) is 4.30. The van der Waals surface area contributed by atoms with Crippen LogP contribution in [0.15, 0.2) is 12.4 Å². The van der Waals surface area contributed by atoms with Crippen LogP contribution in [0.2, 0.25) is 0 Å². The molecule has 1 rings (SSSR count). The van der Waals surface area contributed by atoms with Crippen molar-refractivity contribution in [2.75, 3.05) is 25.0 Å². The van der Waals surface area contributed by atoms with Crippen molar-refractivity contribution in [3.8, 4) is 0 Å². The Balaban J connectivity index is 2.45. The molecule has 1 unspecified atom stereocenters. The average Bonchev–Trinajstić information content (AvgIpc) is 2.78. The van der Waals surface area contributed by atoms with E-state index in [1.54, 1.807) is 13.1 Å². The molecule has 0 radical (unpaired) electrons. The second kappa shape index (κ2) is 7.13. The highest BCUT2D eigenvalue weighted by Gasteiger charge is 2.08. The minimum absolute atomic E-state index is 0.196. The lowest BCUT2D eigenvalue weighted by Crippen LogP contribution is -2.32. The van der Waals surface area contributed by atoms with Gasteiger partial charge in [0.25, 0.3) is 0 Å². The molecule has 0 aliphatic heterocycles. The molecular weight excluding hydrogens is 230 g/mol. The number of hydrogen-bond acceptors (Lipinski definition) is 4. The van der Waals surface area contributed by atoms with Gasteiger partial charge in [-0.25, -0.2) is 0 Å². The van der Waals surface area contributed by atoms with Crippen LogP contribution in [0.5, 0.6) is 0 Å². The van der Waals surface area contributed by atoms with Gasteiger partial charge in [0.15, 0.2) is 0 Å². The zero-order chi connectivity index (χ0) is 13.5. The van der Waals surface area contributed by atoms with Crippen LogP contribution in [-0.4, -0.2) is 46.3 Å². The number of hydrogen-bond donors (Lipinski definition) is 2. The molecule has 0 aliphatic rings. The van der Waals surface area contributed by atoms with Crippen LogP contribution in [0.3, 0.4) is 0 Å². The summed E-state index contributed by atoms with van der Waals surface area (Å²) in [5.74, 6) is -0.196. The van der Waals surface area contributed by atoms with E-state index in [1.807, 2.05) is 10.9 Å². The molecule has 18 heavy (non-hydrogen) atoms. The van der Waals surface area contributed by atoms with Crippen molar-refractivity contribution in [1.82, 2.24) is 14.7 Å². The first-order valence-corrected chi connectivity index (χ1v) is 6.38. The number of nitrogens with zero attached hydrogens (tertiary/aromatic N) is 3. The molecule has 1 aromatic heterocycles. The number of rotatable bonds is 7. The first kappa shape index (κ1) is 14.7. The van der Waals surface area contributed by atoms with E-state index in [9.17, 15) is 4.79 Å². The van der Waals surface area contributed by atoms with Gasteiger partial charge in [-0.2, -0.15) is 5.10 Å². The van der Waals surface area contributed by atoms with E-state index in [4.69, 9.17) is 5.73 Å². The van der Waals surface area contributed by atoms with Gasteiger partial charge in [0.2, 0.25) is 5.91 Å². The molecule has 0 bridgehead atoms. The van der Waals surface area contributed by atoms with Crippen LogP contribution in [0.1, 0.15) is 20.8 Å². The Morgan fingerprint density at radius 3 is 2.78 bits per heavy atom. The summed E-state index contributed by atoms with van der Waals surface area (Å²) in [5, 5.41) is 6.92. The zero-order valence-electron chi connectivity index (χ0n) is 11.4. The SMILES string of the molecule is CCN(CC)CCn1cc(NC(=O)C(C)N)cn1. The highest BCUT2D eigenvalue weighted by Crippen LogP contribution is 2.05. The molecule has 3 N–H and O–H groups in total. The summed E-state index contributed by atoms with van der Waals surface area (Å²) in [6, 6.07) is -0.510. The summed E-state index contributed by atoms with van der Waals surface area (Å²) in [6.45, 7) is 9.77. The largest absolute Gasteiger partial charge is 0.322 e. The van der Waals surface area contributed by atoms with E-state index in [0.29, 0.717) is 5.69 Å². The molecule has 6 heteroatoms. The summed E-state index contributed by atoms with van der Waals surface area (Å²) >= 11 is 0. The molecule has 0 saturated carbocycles. The van der Waals surface area contributed by atoms with Crippen molar-refractivity contribution in [3.63, 3.8) is 0 Å². The normalized spacial score (nSPS) is 12.7. The fourth-order valence-corrected chi connectivity index (χ4v) is 1.59. The third kappa shape index (κ3) is 4.46. The maximum Gasteiger partial charge on any atom is 0.241 e. The van der Waals surface area contributed by atoms with E-state index in [-0.39, 0.29) is 5.91 Å². The molecule has 1 amide bonds. The summed E-state index contributed by atoms with van der Waals surface area (Å²) in [4.78, 5) is 13.7. The maximum atomic E-state index is 11.4. The van der Waals surface area contributed by atoms with Gasteiger partial charge in [-0.15, -0.1) is 0 Å².